The Labute approximate surface area is 279 Å². The molecular formula is C39H37NO8. The second-order valence-corrected chi connectivity index (χ2v) is 11.4. The molecule has 2 saturated heterocycles. The first-order chi connectivity index (χ1) is 23.7. The number of hydrogen-bond acceptors (Lipinski definition) is 9. The third-order valence-corrected chi connectivity index (χ3v) is 7.66. The Morgan fingerprint density at radius 2 is 0.854 bits per heavy atom. The van der Waals surface area contributed by atoms with Crippen LogP contribution in [-0.4, -0.2) is 70.0 Å². The fourth-order valence-electron chi connectivity index (χ4n) is 4.86. The fourth-order valence-corrected chi connectivity index (χ4v) is 4.86. The van der Waals surface area contributed by atoms with Gasteiger partial charge in [-0.1, -0.05) is 48.5 Å². The number of benzene rings is 4. The van der Waals surface area contributed by atoms with Gasteiger partial charge in [0.1, 0.15) is 54.2 Å². The molecule has 3 heterocycles. The molecule has 48 heavy (non-hydrogen) atoms. The van der Waals surface area contributed by atoms with Crippen LogP contribution < -0.4 is 18.9 Å². The summed E-state index contributed by atoms with van der Waals surface area (Å²) >= 11 is 0. The summed E-state index contributed by atoms with van der Waals surface area (Å²) < 4.78 is 44.8. The predicted molar refractivity (Wildman–Crippen MR) is 180 cm³/mol. The van der Waals surface area contributed by atoms with Crippen LogP contribution in [0, 0.1) is 0 Å². The summed E-state index contributed by atoms with van der Waals surface area (Å²) in [5, 5.41) is 0. The molecule has 0 amide bonds. The maximum atomic E-state index is 6.02. The summed E-state index contributed by atoms with van der Waals surface area (Å²) in [6.45, 7) is 4.98. The van der Waals surface area contributed by atoms with Gasteiger partial charge in [0.15, 0.2) is 0 Å². The van der Waals surface area contributed by atoms with Crippen molar-refractivity contribution in [3.05, 3.63) is 115 Å². The van der Waals surface area contributed by atoms with Crippen LogP contribution in [0.4, 0.5) is 0 Å². The van der Waals surface area contributed by atoms with Gasteiger partial charge in [0.2, 0.25) is 5.88 Å². The Bertz CT molecular complexity index is 1570. The molecule has 4 aromatic carbocycles. The number of aromatic nitrogens is 1. The minimum absolute atomic E-state index is 0.273. The lowest BCUT2D eigenvalue weighted by Crippen LogP contribution is -2.10. The van der Waals surface area contributed by atoms with Crippen molar-refractivity contribution >= 4 is 0 Å². The molecule has 2 aliphatic rings. The zero-order valence-electron chi connectivity index (χ0n) is 26.5. The van der Waals surface area contributed by atoms with Gasteiger partial charge in [0.05, 0.1) is 45.8 Å². The van der Waals surface area contributed by atoms with Gasteiger partial charge < -0.3 is 37.9 Å². The highest BCUT2D eigenvalue weighted by Gasteiger charge is 2.22. The molecule has 0 radical (unpaired) electrons. The van der Waals surface area contributed by atoms with E-state index < -0.39 is 0 Å². The molecule has 2 fully saturated rings. The second-order valence-electron chi connectivity index (χ2n) is 11.4. The van der Waals surface area contributed by atoms with Crippen LogP contribution in [-0.2, 0) is 18.9 Å². The summed E-state index contributed by atoms with van der Waals surface area (Å²) in [6, 6.07) is 35.5. The van der Waals surface area contributed by atoms with E-state index in [9.17, 15) is 0 Å². The van der Waals surface area contributed by atoms with Gasteiger partial charge in [-0.05, 0) is 76.9 Å². The molecule has 1 aromatic heterocycles. The maximum absolute atomic E-state index is 6.02. The van der Waals surface area contributed by atoms with E-state index in [1.54, 1.807) is 12.3 Å². The molecule has 7 rings (SSSR count). The van der Waals surface area contributed by atoms with E-state index in [0.29, 0.717) is 57.0 Å². The van der Waals surface area contributed by atoms with Crippen LogP contribution in [0.15, 0.2) is 115 Å². The van der Waals surface area contributed by atoms with Crippen molar-refractivity contribution in [2.75, 3.05) is 52.9 Å². The van der Waals surface area contributed by atoms with Gasteiger partial charge >= 0.3 is 0 Å². The zero-order valence-corrected chi connectivity index (χ0v) is 26.5. The van der Waals surface area contributed by atoms with E-state index in [1.807, 2.05) is 103 Å². The summed E-state index contributed by atoms with van der Waals surface area (Å²) in [4.78, 5) is 4.42. The third-order valence-electron chi connectivity index (χ3n) is 7.66. The van der Waals surface area contributed by atoms with E-state index in [0.717, 1.165) is 52.7 Å². The molecule has 2 atom stereocenters. The van der Waals surface area contributed by atoms with Crippen molar-refractivity contribution in [3.8, 4) is 56.9 Å². The minimum atomic E-state index is 0.273. The summed E-state index contributed by atoms with van der Waals surface area (Å²) in [6.07, 6.45) is 2.20. The van der Waals surface area contributed by atoms with Crippen molar-refractivity contribution in [1.82, 2.24) is 4.98 Å². The minimum Gasteiger partial charge on any atom is -0.491 e. The van der Waals surface area contributed by atoms with Crippen molar-refractivity contribution in [2.45, 2.75) is 12.2 Å². The lowest BCUT2D eigenvalue weighted by molar-refractivity contribution is 0.0878. The Balaban J connectivity index is 0.845. The highest BCUT2D eigenvalue weighted by Crippen LogP contribution is 2.30. The molecule has 0 N–H and O–H groups in total. The van der Waals surface area contributed by atoms with Crippen molar-refractivity contribution in [1.29, 1.82) is 0 Å². The summed E-state index contributed by atoms with van der Waals surface area (Å²) in [5.41, 5.74) is 4.33. The van der Waals surface area contributed by atoms with E-state index in [2.05, 4.69) is 4.98 Å². The molecule has 2 unspecified atom stereocenters. The van der Waals surface area contributed by atoms with Gasteiger partial charge in [-0.25, -0.2) is 4.98 Å². The average molecular weight is 648 g/mol. The molecule has 9 heteroatoms. The van der Waals surface area contributed by atoms with Crippen LogP contribution in [0.3, 0.4) is 0 Å². The molecule has 0 bridgehead atoms. The van der Waals surface area contributed by atoms with Crippen molar-refractivity contribution in [2.24, 2.45) is 0 Å². The van der Waals surface area contributed by atoms with Crippen LogP contribution in [0.2, 0.25) is 0 Å². The highest BCUT2D eigenvalue weighted by atomic mass is 16.6. The monoisotopic (exact) mass is 647 g/mol. The van der Waals surface area contributed by atoms with E-state index in [-0.39, 0.29) is 12.2 Å². The van der Waals surface area contributed by atoms with Gasteiger partial charge in [-0.2, -0.15) is 0 Å². The Hall–Kier alpha value is -4.93. The number of nitrogens with zero attached hydrogens (tertiary/aromatic N) is 1. The summed E-state index contributed by atoms with van der Waals surface area (Å²) in [5.74, 6) is 4.13. The SMILES string of the molecule is c1cc(-c2ccc(Oc3ccc(Oc4ccc(-c5ccc(OCCOCC6CO6)cc5)cc4)nc3)cc2)ccc1OCCOCC1CO1. The Morgan fingerprint density at radius 3 is 1.25 bits per heavy atom. The molecule has 5 aromatic rings. The predicted octanol–water partition coefficient (Wildman–Crippen LogP) is 7.59. The average Bonchev–Trinajstić information content (AvgIpc) is 4.07. The number of pyridine rings is 1. The molecule has 0 spiro atoms. The van der Waals surface area contributed by atoms with E-state index in [1.165, 1.54) is 0 Å². The lowest BCUT2D eigenvalue weighted by Gasteiger charge is -2.10. The van der Waals surface area contributed by atoms with E-state index >= 15 is 0 Å². The second kappa shape index (κ2) is 15.8. The topological polar surface area (TPSA) is 93.3 Å². The molecular weight excluding hydrogens is 610 g/mol. The smallest absolute Gasteiger partial charge is 0.219 e. The largest absolute Gasteiger partial charge is 0.491 e. The first-order valence-corrected chi connectivity index (χ1v) is 16.1. The zero-order chi connectivity index (χ0) is 32.4. The Morgan fingerprint density at radius 1 is 0.458 bits per heavy atom. The van der Waals surface area contributed by atoms with Gasteiger partial charge in [-0.3, -0.25) is 0 Å². The van der Waals surface area contributed by atoms with Gasteiger partial charge in [0.25, 0.3) is 0 Å². The summed E-state index contributed by atoms with van der Waals surface area (Å²) in [7, 11) is 0. The third kappa shape index (κ3) is 9.56. The van der Waals surface area contributed by atoms with E-state index in [4.69, 9.17) is 37.9 Å². The van der Waals surface area contributed by atoms with Crippen LogP contribution >= 0.6 is 0 Å². The molecule has 9 nitrogen and oxygen atoms in total. The molecule has 0 aliphatic carbocycles. The normalized spacial score (nSPS) is 16.2. The van der Waals surface area contributed by atoms with Gasteiger partial charge in [-0.15, -0.1) is 0 Å². The van der Waals surface area contributed by atoms with Crippen LogP contribution in [0.1, 0.15) is 0 Å². The van der Waals surface area contributed by atoms with Crippen LogP contribution in [0.5, 0.6) is 34.6 Å². The van der Waals surface area contributed by atoms with Crippen molar-refractivity contribution in [3.63, 3.8) is 0 Å². The first-order valence-electron chi connectivity index (χ1n) is 16.1. The van der Waals surface area contributed by atoms with Crippen molar-refractivity contribution < 1.29 is 37.9 Å². The maximum Gasteiger partial charge on any atom is 0.219 e. The number of rotatable bonds is 18. The molecule has 246 valence electrons. The number of hydrogen-bond donors (Lipinski definition) is 0. The quantitative estimate of drug-likeness (QED) is 0.0705. The number of epoxide rings is 2. The Kier molecular flexibility index (Phi) is 10.4. The standard InChI is InChI=1S/C39H37NO8/c1-9-32(43-21-19-41-24-37-26-45-37)10-2-28(1)30-5-13-34(14-6-30)47-36-17-18-39(40-23-36)48-35-15-7-31(8-16-35)29-3-11-33(12-4-29)44-22-20-42-25-38-27-46-38/h1-18,23,37-38H,19-22,24-27H2. The van der Waals surface area contributed by atoms with Crippen LogP contribution in [0.25, 0.3) is 22.3 Å². The molecule has 2 aliphatic heterocycles. The highest BCUT2D eigenvalue weighted by molar-refractivity contribution is 5.66. The van der Waals surface area contributed by atoms with Gasteiger partial charge in [0, 0.05) is 6.07 Å². The lowest BCUT2D eigenvalue weighted by atomic mass is 10.1. The fraction of sp³-hybridized carbons (Fsp3) is 0.256. The first kappa shape index (κ1) is 31.7. The number of ether oxygens (including phenoxy) is 8. The molecule has 0 saturated carbocycles.